The maximum Gasteiger partial charge on any atom is 0.253 e. The fourth-order valence-corrected chi connectivity index (χ4v) is 7.93. The van der Waals surface area contributed by atoms with Gasteiger partial charge in [0, 0.05) is 20.8 Å². The molecule has 2 aromatic rings. The summed E-state index contributed by atoms with van der Waals surface area (Å²) in [6.07, 6.45) is 0.254. The van der Waals surface area contributed by atoms with Crippen molar-refractivity contribution in [2.45, 2.75) is 17.7 Å². The number of hydrogen-bond donors (Lipinski definition) is 0. The number of sulfone groups is 1. The van der Waals surface area contributed by atoms with Gasteiger partial charge in [-0.1, -0.05) is 29.4 Å². The van der Waals surface area contributed by atoms with E-state index in [1.165, 1.54) is 23.1 Å². The second-order valence-corrected chi connectivity index (χ2v) is 11.0. The molecule has 2 aliphatic rings. The van der Waals surface area contributed by atoms with Crippen LogP contribution in [0.4, 0.5) is 5.69 Å². The summed E-state index contributed by atoms with van der Waals surface area (Å²) in [7, 11) is -3.07. The molecule has 1 amide bonds. The first-order chi connectivity index (χ1) is 12.4. The van der Waals surface area contributed by atoms with Crippen molar-refractivity contribution in [3.8, 4) is 0 Å². The number of hydrogen-bond acceptors (Lipinski definition) is 5. The highest BCUT2D eigenvalue weighted by molar-refractivity contribution is 8.16. The molecule has 136 valence electrons. The van der Waals surface area contributed by atoms with E-state index in [1.54, 1.807) is 12.1 Å². The molecular formula is C17H15ClN2O3S3. The van der Waals surface area contributed by atoms with Crippen molar-refractivity contribution >= 4 is 61.3 Å². The van der Waals surface area contributed by atoms with Crippen LogP contribution in [0.25, 0.3) is 0 Å². The SMILES string of the molecule is O=C(Cc1cccs1)N=C1S[C@@H]2CS(=O)(=O)C[C@H]2N1c1ccc(Cl)cc1. The lowest BCUT2D eigenvalue weighted by Gasteiger charge is -2.24. The van der Waals surface area contributed by atoms with Crippen LogP contribution in [0.5, 0.6) is 0 Å². The molecular weight excluding hydrogens is 412 g/mol. The van der Waals surface area contributed by atoms with Gasteiger partial charge < -0.3 is 4.90 Å². The molecule has 26 heavy (non-hydrogen) atoms. The molecule has 0 aliphatic carbocycles. The van der Waals surface area contributed by atoms with Gasteiger partial charge in [-0.05, 0) is 35.7 Å². The third kappa shape index (κ3) is 3.69. The molecule has 0 radical (unpaired) electrons. The summed E-state index contributed by atoms with van der Waals surface area (Å²) >= 11 is 8.87. The number of thioether (sulfide) groups is 1. The number of thiophene rings is 1. The van der Waals surface area contributed by atoms with Crippen molar-refractivity contribution in [1.82, 2.24) is 0 Å². The van der Waals surface area contributed by atoms with E-state index in [0.717, 1.165) is 10.6 Å². The highest BCUT2D eigenvalue weighted by Crippen LogP contribution is 2.41. The lowest BCUT2D eigenvalue weighted by molar-refractivity contribution is -0.117. The molecule has 2 atom stereocenters. The van der Waals surface area contributed by atoms with Gasteiger partial charge in [-0.2, -0.15) is 4.99 Å². The number of nitrogens with zero attached hydrogens (tertiary/aromatic N) is 2. The van der Waals surface area contributed by atoms with Gasteiger partial charge in [-0.25, -0.2) is 8.42 Å². The molecule has 0 spiro atoms. The van der Waals surface area contributed by atoms with Crippen LogP contribution in [0.15, 0.2) is 46.8 Å². The summed E-state index contributed by atoms with van der Waals surface area (Å²) in [4.78, 5) is 19.5. The number of anilines is 1. The Morgan fingerprint density at radius 1 is 1.23 bits per heavy atom. The molecule has 2 fully saturated rings. The van der Waals surface area contributed by atoms with Gasteiger partial charge in [0.15, 0.2) is 15.0 Å². The molecule has 1 aromatic carbocycles. The fourth-order valence-electron chi connectivity index (χ4n) is 3.18. The van der Waals surface area contributed by atoms with Crippen molar-refractivity contribution in [3.63, 3.8) is 0 Å². The molecule has 2 saturated heterocycles. The van der Waals surface area contributed by atoms with Gasteiger partial charge in [0.25, 0.3) is 5.91 Å². The van der Waals surface area contributed by atoms with Crippen LogP contribution >= 0.6 is 34.7 Å². The highest BCUT2D eigenvalue weighted by atomic mass is 35.5. The zero-order chi connectivity index (χ0) is 18.3. The van der Waals surface area contributed by atoms with Crippen molar-refractivity contribution in [2.24, 2.45) is 4.99 Å². The first-order valence-electron chi connectivity index (χ1n) is 7.97. The molecule has 4 rings (SSSR count). The first-order valence-corrected chi connectivity index (χ1v) is 11.9. The van der Waals surface area contributed by atoms with Crippen LogP contribution in [0.2, 0.25) is 5.02 Å². The Kier molecular flexibility index (Phi) is 4.85. The molecule has 0 bridgehead atoms. The van der Waals surface area contributed by atoms with Crippen LogP contribution in [0.3, 0.4) is 0 Å². The molecule has 2 aliphatic heterocycles. The first kappa shape index (κ1) is 18.0. The van der Waals surface area contributed by atoms with Crippen LogP contribution in [-0.4, -0.2) is 42.3 Å². The Morgan fingerprint density at radius 2 is 2.00 bits per heavy atom. The largest absolute Gasteiger partial charge is 0.316 e. The molecule has 5 nitrogen and oxygen atoms in total. The maximum atomic E-state index is 12.4. The third-order valence-electron chi connectivity index (χ3n) is 4.30. The van der Waals surface area contributed by atoms with E-state index in [1.807, 2.05) is 34.5 Å². The van der Waals surface area contributed by atoms with Gasteiger partial charge in [0.05, 0.1) is 24.0 Å². The topological polar surface area (TPSA) is 66.8 Å². The Labute approximate surface area is 165 Å². The Balaban J connectivity index is 1.65. The third-order valence-corrected chi connectivity index (χ3v) is 8.64. The van der Waals surface area contributed by atoms with Crippen molar-refractivity contribution in [1.29, 1.82) is 0 Å². The molecule has 0 N–H and O–H groups in total. The second kappa shape index (κ2) is 6.99. The standard InChI is InChI=1S/C17H15ClN2O3S3/c18-11-3-5-12(6-4-11)20-14-9-26(22,23)10-15(14)25-17(20)19-16(21)8-13-2-1-7-24-13/h1-7,14-15H,8-10H2/t14-,15-/m1/s1. The number of carbonyl (C=O) groups is 1. The summed E-state index contributed by atoms with van der Waals surface area (Å²) in [6, 6.07) is 10.8. The van der Waals surface area contributed by atoms with E-state index in [2.05, 4.69) is 4.99 Å². The van der Waals surface area contributed by atoms with E-state index >= 15 is 0 Å². The lowest BCUT2D eigenvalue weighted by Crippen LogP contribution is -2.37. The monoisotopic (exact) mass is 426 g/mol. The zero-order valence-corrected chi connectivity index (χ0v) is 16.7. The molecule has 3 heterocycles. The molecule has 0 saturated carbocycles. The van der Waals surface area contributed by atoms with Crippen LogP contribution in [-0.2, 0) is 21.1 Å². The van der Waals surface area contributed by atoms with Gasteiger partial charge in [0.2, 0.25) is 0 Å². The minimum absolute atomic E-state index is 0.0748. The van der Waals surface area contributed by atoms with E-state index in [0.29, 0.717) is 10.2 Å². The molecule has 9 heteroatoms. The van der Waals surface area contributed by atoms with E-state index in [4.69, 9.17) is 11.6 Å². The summed E-state index contributed by atoms with van der Waals surface area (Å²) in [5, 5.41) is 2.99. The zero-order valence-electron chi connectivity index (χ0n) is 13.5. The van der Waals surface area contributed by atoms with Crippen LogP contribution in [0.1, 0.15) is 4.88 Å². The van der Waals surface area contributed by atoms with Crippen molar-refractivity contribution in [2.75, 3.05) is 16.4 Å². The number of amides is 1. The number of halogens is 1. The van der Waals surface area contributed by atoms with E-state index in [9.17, 15) is 13.2 Å². The fraction of sp³-hybridized carbons (Fsp3) is 0.294. The van der Waals surface area contributed by atoms with Gasteiger partial charge >= 0.3 is 0 Å². The summed E-state index contributed by atoms with van der Waals surface area (Å²) in [6.45, 7) is 0. The Morgan fingerprint density at radius 3 is 2.69 bits per heavy atom. The van der Waals surface area contributed by atoms with E-state index < -0.39 is 9.84 Å². The van der Waals surface area contributed by atoms with Gasteiger partial charge in [-0.3, -0.25) is 4.79 Å². The average molecular weight is 427 g/mol. The van der Waals surface area contributed by atoms with Crippen LogP contribution < -0.4 is 4.90 Å². The highest BCUT2D eigenvalue weighted by Gasteiger charge is 2.49. The number of benzene rings is 1. The van der Waals surface area contributed by atoms with E-state index in [-0.39, 0.29) is 35.1 Å². The predicted molar refractivity (Wildman–Crippen MR) is 108 cm³/mol. The lowest BCUT2D eigenvalue weighted by atomic mass is 10.2. The minimum Gasteiger partial charge on any atom is -0.316 e. The quantitative estimate of drug-likeness (QED) is 0.753. The summed E-state index contributed by atoms with van der Waals surface area (Å²) in [5.74, 6) is -0.0348. The number of rotatable bonds is 3. The molecule has 0 unspecified atom stereocenters. The minimum atomic E-state index is -3.07. The Bertz CT molecular complexity index is 956. The van der Waals surface area contributed by atoms with Crippen molar-refractivity contribution < 1.29 is 13.2 Å². The van der Waals surface area contributed by atoms with Gasteiger partial charge in [0.1, 0.15) is 0 Å². The average Bonchev–Trinajstić information content (AvgIpc) is 3.23. The Hall–Kier alpha value is -1.35. The normalized spacial score (nSPS) is 25.6. The van der Waals surface area contributed by atoms with Crippen LogP contribution in [0, 0.1) is 0 Å². The maximum absolute atomic E-state index is 12.4. The smallest absolute Gasteiger partial charge is 0.253 e. The predicted octanol–water partition coefficient (Wildman–Crippen LogP) is 3.25. The second-order valence-electron chi connectivity index (χ2n) is 6.19. The number of amidine groups is 1. The molecule has 1 aromatic heterocycles. The number of aliphatic imine (C=N–C) groups is 1. The number of carbonyl (C=O) groups excluding carboxylic acids is 1. The summed E-state index contributed by atoms with van der Waals surface area (Å²) < 4.78 is 24.1. The number of fused-ring (bicyclic) bond motifs is 1. The summed E-state index contributed by atoms with van der Waals surface area (Å²) in [5.41, 5.74) is 0.800. The van der Waals surface area contributed by atoms with Crippen molar-refractivity contribution in [3.05, 3.63) is 51.7 Å². The van der Waals surface area contributed by atoms with Gasteiger partial charge in [-0.15, -0.1) is 11.3 Å².